The zero-order chi connectivity index (χ0) is 21.4. The first kappa shape index (κ1) is 20.7. The molecule has 2 aromatic carbocycles. The van der Waals surface area contributed by atoms with E-state index in [4.69, 9.17) is 23.2 Å². The van der Waals surface area contributed by atoms with Gasteiger partial charge in [-0.1, -0.05) is 29.3 Å². The molecule has 2 aliphatic rings. The Bertz CT molecular complexity index is 1060. The van der Waals surface area contributed by atoms with Crippen LogP contribution in [0.2, 0.25) is 10.0 Å². The van der Waals surface area contributed by atoms with Crippen molar-refractivity contribution in [2.24, 2.45) is 0 Å². The second-order valence-electron chi connectivity index (χ2n) is 7.47. The number of amides is 3. The van der Waals surface area contributed by atoms with Crippen molar-refractivity contribution >= 4 is 46.9 Å². The highest BCUT2D eigenvalue weighted by Gasteiger charge is 2.34. The third-order valence-corrected chi connectivity index (χ3v) is 5.97. The molecule has 2 aromatic rings. The van der Waals surface area contributed by atoms with E-state index in [9.17, 15) is 14.0 Å². The summed E-state index contributed by atoms with van der Waals surface area (Å²) in [5.74, 6) is -0.828. The molecule has 0 bridgehead atoms. The van der Waals surface area contributed by atoms with E-state index in [0.717, 1.165) is 36.4 Å². The maximum Gasteiger partial charge on any atom is 0.329 e. The van der Waals surface area contributed by atoms with Crippen molar-refractivity contribution in [3.63, 3.8) is 0 Å². The van der Waals surface area contributed by atoms with Gasteiger partial charge in [-0.2, -0.15) is 0 Å². The van der Waals surface area contributed by atoms with Gasteiger partial charge in [-0.15, -0.1) is 0 Å². The van der Waals surface area contributed by atoms with Crippen LogP contribution in [0.4, 0.5) is 14.9 Å². The molecule has 1 N–H and O–H groups in total. The van der Waals surface area contributed by atoms with Crippen LogP contribution in [0.1, 0.15) is 29.5 Å². The van der Waals surface area contributed by atoms with Crippen molar-refractivity contribution < 1.29 is 14.0 Å². The summed E-state index contributed by atoms with van der Waals surface area (Å²) in [6.07, 6.45) is 3.62. The van der Waals surface area contributed by atoms with E-state index >= 15 is 0 Å². The Labute approximate surface area is 184 Å². The van der Waals surface area contributed by atoms with Gasteiger partial charge in [0, 0.05) is 23.1 Å². The van der Waals surface area contributed by atoms with Gasteiger partial charge in [-0.25, -0.2) is 9.18 Å². The molecular weight excluding hydrogens is 428 g/mol. The summed E-state index contributed by atoms with van der Waals surface area (Å²) >= 11 is 12.1. The van der Waals surface area contributed by atoms with Crippen molar-refractivity contribution in [1.29, 1.82) is 0 Å². The Balaban J connectivity index is 1.58. The Morgan fingerprint density at radius 3 is 2.57 bits per heavy atom. The Kier molecular flexibility index (Phi) is 5.71. The van der Waals surface area contributed by atoms with Crippen LogP contribution in [0.25, 0.3) is 6.08 Å². The standard InChI is InChI=1S/C22H20Cl2FN3O2/c1-13-8-20(27-6-2-3-7-27)18(25)9-15(13)10-19-21(29)28(22(30)26-19)12-14-4-5-16(23)11-17(14)24/h4-5,8-11H,2-3,6-7,12H2,1H3,(H,26,30)/b19-10-. The minimum Gasteiger partial charge on any atom is -0.369 e. The Morgan fingerprint density at radius 2 is 1.87 bits per heavy atom. The van der Waals surface area contributed by atoms with Crippen LogP contribution >= 0.6 is 23.2 Å². The van der Waals surface area contributed by atoms with Gasteiger partial charge in [0.15, 0.2) is 0 Å². The molecule has 3 amide bonds. The lowest BCUT2D eigenvalue weighted by Gasteiger charge is -2.19. The molecular formula is C22H20Cl2FN3O2. The van der Waals surface area contributed by atoms with Crippen LogP contribution in [0.5, 0.6) is 0 Å². The smallest absolute Gasteiger partial charge is 0.329 e. The zero-order valence-electron chi connectivity index (χ0n) is 16.3. The number of anilines is 1. The number of carbonyl (C=O) groups excluding carboxylic acids is 2. The van der Waals surface area contributed by atoms with Crippen molar-refractivity contribution in [2.45, 2.75) is 26.3 Å². The topological polar surface area (TPSA) is 52.7 Å². The van der Waals surface area contributed by atoms with Gasteiger partial charge < -0.3 is 10.2 Å². The monoisotopic (exact) mass is 447 g/mol. The van der Waals surface area contributed by atoms with Crippen LogP contribution < -0.4 is 10.2 Å². The third kappa shape index (κ3) is 4.02. The maximum absolute atomic E-state index is 14.7. The van der Waals surface area contributed by atoms with Gasteiger partial charge in [0.2, 0.25) is 0 Å². The summed E-state index contributed by atoms with van der Waals surface area (Å²) in [4.78, 5) is 28.2. The van der Waals surface area contributed by atoms with E-state index in [0.29, 0.717) is 26.9 Å². The molecule has 0 radical (unpaired) electrons. The molecule has 2 aliphatic heterocycles. The molecule has 30 heavy (non-hydrogen) atoms. The lowest BCUT2D eigenvalue weighted by atomic mass is 10.1. The lowest BCUT2D eigenvalue weighted by Crippen LogP contribution is -2.30. The molecule has 2 heterocycles. The first-order valence-corrected chi connectivity index (χ1v) is 10.4. The number of halogens is 3. The van der Waals surface area contributed by atoms with Gasteiger partial charge in [-0.3, -0.25) is 9.69 Å². The van der Waals surface area contributed by atoms with Crippen LogP contribution in [-0.4, -0.2) is 29.9 Å². The third-order valence-electron chi connectivity index (χ3n) is 5.39. The van der Waals surface area contributed by atoms with E-state index in [-0.39, 0.29) is 18.1 Å². The van der Waals surface area contributed by atoms with Gasteiger partial charge in [0.1, 0.15) is 11.5 Å². The van der Waals surface area contributed by atoms with Gasteiger partial charge in [0.25, 0.3) is 5.91 Å². The fourth-order valence-electron chi connectivity index (χ4n) is 3.73. The summed E-state index contributed by atoms with van der Waals surface area (Å²) < 4.78 is 14.7. The highest BCUT2D eigenvalue weighted by molar-refractivity contribution is 6.35. The minimum atomic E-state index is -0.552. The molecule has 0 aliphatic carbocycles. The Hall–Kier alpha value is -2.57. The van der Waals surface area contributed by atoms with Crippen LogP contribution in [-0.2, 0) is 11.3 Å². The zero-order valence-corrected chi connectivity index (χ0v) is 17.9. The van der Waals surface area contributed by atoms with Crippen molar-refractivity contribution in [2.75, 3.05) is 18.0 Å². The number of hydrogen-bond acceptors (Lipinski definition) is 3. The number of benzene rings is 2. The molecule has 0 saturated carbocycles. The fraction of sp³-hybridized carbons (Fsp3) is 0.273. The fourth-order valence-corrected chi connectivity index (χ4v) is 4.20. The summed E-state index contributed by atoms with van der Waals surface area (Å²) in [6.45, 7) is 3.55. The van der Waals surface area contributed by atoms with E-state index in [1.165, 1.54) is 12.1 Å². The predicted molar refractivity (Wildman–Crippen MR) is 116 cm³/mol. The average Bonchev–Trinajstić information content (AvgIpc) is 3.31. The number of hydrogen-bond donors (Lipinski definition) is 1. The molecule has 156 valence electrons. The molecule has 0 atom stereocenters. The Morgan fingerprint density at radius 1 is 1.13 bits per heavy atom. The number of imide groups is 1. The van der Waals surface area contributed by atoms with E-state index < -0.39 is 11.9 Å². The number of carbonyl (C=O) groups is 2. The van der Waals surface area contributed by atoms with Crippen LogP contribution in [0.15, 0.2) is 36.0 Å². The van der Waals surface area contributed by atoms with E-state index in [2.05, 4.69) is 5.32 Å². The number of nitrogens with zero attached hydrogens (tertiary/aromatic N) is 2. The van der Waals surface area contributed by atoms with Crippen molar-refractivity contribution in [3.05, 3.63) is 68.6 Å². The first-order valence-electron chi connectivity index (χ1n) is 9.67. The SMILES string of the molecule is Cc1cc(N2CCCC2)c(F)cc1/C=C1\NC(=O)N(Cc2ccc(Cl)cc2Cl)C1=O. The molecule has 2 fully saturated rings. The summed E-state index contributed by atoms with van der Waals surface area (Å²) in [6, 6.07) is 7.52. The number of nitrogens with one attached hydrogen (secondary N) is 1. The highest BCUT2D eigenvalue weighted by atomic mass is 35.5. The second kappa shape index (κ2) is 8.28. The number of urea groups is 1. The number of aryl methyl sites for hydroxylation is 1. The molecule has 5 nitrogen and oxygen atoms in total. The van der Waals surface area contributed by atoms with E-state index in [1.807, 2.05) is 11.8 Å². The predicted octanol–water partition coefficient (Wildman–Crippen LogP) is 5.13. The molecule has 0 aromatic heterocycles. The summed E-state index contributed by atoms with van der Waals surface area (Å²) in [5, 5.41) is 3.41. The largest absolute Gasteiger partial charge is 0.369 e. The number of rotatable bonds is 4. The summed E-state index contributed by atoms with van der Waals surface area (Å²) in [7, 11) is 0. The van der Waals surface area contributed by atoms with Crippen LogP contribution in [0.3, 0.4) is 0 Å². The lowest BCUT2D eigenvalue weighted by molar-refractivity contribution is -0.123. The second-order valence-corrected chi connectivity index (χ2v) is 8.31. The first-order chi connectivity index (χ1) is 14.3. The molecule has 8 heteroatoms. The quantitative estimate of drug-likeness (QED) is 0.521. The van der Waals surface area contributed by atoms with Gasteiger partial charge in [-0.05, 0) is 66.8 Å². The minimum absolute atomic E-state index is 0.0131. The normalized spacial score (nSPS) is 17.9. The van der Waals surface area contributed by atoms with E-state index in [1.54, 1.807) is 24.3 Å². The van der Waals surface area contributed by atoms with Gasteiger partial charge >= 0.3 is 6.03 Å². The molecule has 0 spiro atoms. The molecule has 0 unspecified atom stereocenters. The average molecular weight is 448 g/mol. The molecule has 4 rings (SSSR count). The highest BCUT2D eigenvalue weighted by Crippen LogP contribution is 2.29. The molecule has 2 saturated heterocycles. The summed E-state index contributed by atoms with van der Waals surface area (Å²) in [5.41, 5.74) is 2.65. The van der Waals surface area contributed by atoms with Crippen molar-refractivity contribution in [3.8, 4) is 0 Å². The maximum atomic E-state index is 14.7. The van der Waals surface area contributed by atoms with Gasteiger partial charge in [0.05, 0.1) is 12.2 Å². The van der Waals surface area contributed by atoms with Crippen LogP contribution in [0, 0.1) is 12.7 Å². The van der Waals surface area contributed by atoms with Crippen molar-refractivity contribution in [1.82, 2.24) is 10.2 Å².